The number of carboxylic acids is 1. The van der Waals surface area contributed by atoms with E-state index in [2.05, 4.69) is 5.32 Å². The van der Waals surface area contributed by atoms with Gasteiger partial charge in [0.1, 0.15) is 17.1 Å². The van der Waals surface area contributed by atoms with Crippen molar-refractivity contribution < 1.29 is 23.7 Å². The molecular formula is C16H16N2O5S3. The van der Waals surface area contributed by atoms with Crippen molar-refractivity contribution in [2.75, 3.05) is 12.0 Å². The zero-order valence-corrected chi connectivity index (χ0v) is 16.2. The van der Waals surface area contributed by atoms with Crippen molar-refractivity contribution in [3.05, 3.63) is 45.1 Å². The summed E-state index contributed by atoms with van der Waals surface area (Å²) in [4.78, 5) is 38.3. The van der Waals surface area contributed by atoms with E-state index in [4.69, 9.17) is 0 Å². The summed E-state index contributed by atoms with van der Waals surface area (Å²) in [5.41, 5.74) is 0.329. The molecule has 0 aromatic carbocycles. The van der Waals surface area contributed by atoms with Gasteiger partial charge in [0.05, 0.1) is 6.42 Å². The number of hydrogen-bond donors (Lipinski definition) is 2. The van der Waals surface area contributed by atoms with E-state index in [1.165, 1.54) is 45.7 Å². The van der Waals surface area contributed by atoms with Gasteiger partial charge < -0.3 is 10.4 Å². The first-order valence-corrected chi connectivity index (χ1v) is 11.2. The van der Waals surface area contributed by atoms with Crippen LogP contribution in [0.2, 0.25) is 0 Å². The Bertz CT molecular complexity index is 831. The summed E-state index contributed by atoms with van der Waals surface area (Å²) in [5, 5.41) is 15.0. The van der Waals surface area contributed by atoms with Crippen LogP contribution in [-0.2, 0) is 31.6 Å². The van der Waals surface area contributed by atoms with Gasteiger partial charge in [0, 0.05) is 33.1 Å². The second-order valence-corrected chi connectivity index (χ2v) is 9.10. The smallest absolute Gasteiger partial charge is 0.352 e. The molecule has 26 heavy (non-hydrogen) atoms. The normalized spacial score (nSPS) is 23.6. The van der Waals surface area contributed by atoms with Crippen molar-refractivity contribution in [2.45, 2.75) is 17.8 Å². The Kier molecular flexibility index (Phi) is 5.64. The summed E-state index contributed by atoms with van der Waals surface area (Å²) in [6, 6.07) is 2.96. The lowest BCUT2D eigenvalue weighted by atomic mass is 10.0. The average molecular weight is 413 g/mol. The third-order valence-electron chi connectivity index (χ3n) is 3.89. The fourth-order valence-electron chi connectivity index (χ4n) is 2.74. The van der Waals surface area contributed by atoms with E-state index in [0.717, 1.165) is 4.88 Å². The van der Waals surface area contributed by atoms with Crippen LogP contribution in [0.3, 0.4) is 0 Å². The summed E-state index contributed by atoms with van der Waals surface area (Å²) in [6.45, 7) is 0. The fourth-order valence-corrected chi connectivity index (χ4v) is 5.12. The first-order valence-electron chi connectivity index (χ1n) is 7.61. The molecule has 0 saturated carbocycles. The number of nitrogens with zero attached hydrogens (tertiary/aromatic N) is 1. The Morgan fingerprint density at radius 3 is 2.88 bits per heavy atom. The lowest BCUT2D eigenvalue weighted by Crippen LogP contribution is -2.70. The van der Waals surface area contributed by atoms with Gasteiger partial charge >= 0.3 is 5.97 Å². The Morgan fingerprint density at radius 2 is 2.27 bits per heavy atom. The number of rotatable bonds is 6. The van der Waals surface area contributed by atoms with Gasteiger partial charge in [-0.3, -0.25) is 18.7 Å². The van der Waals surface area contributed by atoms with Crippen molar-refractivity contribution >= 4 is 51.7 Å². The molecular weight excluding hydrogens is 396 g/mol. The SMILES string of the molecule is CS(=O)/C=C/C1=C(C(=O)O)N2C(=O)[C@@H](NC(=O)Cc3cccs3)[C@H]2SC1. The molecule has 2 aliphatic heterocycles. The quantitative estimate of drug-likeness (QED) is 0.674. The molecule has 3 atom stereocenters. The predicted octanol–water partition coefficient (Wildman–Crippen LogP) is 0.921. The van der Waals surface area contributed by atoms with E-state index in [1.807, 2.05) is 17.5 Å². The molecule has 1 unspecified atom stereocenters. The number of carbonyl (C=O) groups is 3. The van der Waals surface area contributed by atoms with E-state index in [-0.39, 0.29) is 18.0 Å². The van der Waals surface area contributed by atoms with Gasteiger partial charge in [-0.15, -0.1) is 23.1 Å². The van der Waals surface area contributed by atoms with Crippen LogP contribution >= 0.6 is 23.1 Å². The topological polar surface area (TPSA) is 104 Å². The minimum absolute atomic E-state index is 0.107. The molecule has 3 heterocycles. The largest absolute Gasteiger partial charge is 0.477 e. The highest BCUT2D eigenvalue weighted by atomic mass is 32.2. The van der Waals surface area contributed by atoms with Crippen LogP contribution in [-0.4, -0.2) is 55.4 Å². The third kappa shape index (κ3) is 3.76. The maximum atomic E-state index is 12.5. The number of carboxylic acid groups (broad SMARTS) is 1. The highest BCUT2D eigenvalue weighted by molar-refractivity contribution is 8.00. The molecule has 2 aliphatic rings. The van der Waals surface area contributed by atoms with Crippen LogP contribution < -0.4 is 5.32 Å². The number of thiophene rings is 1. The van der Waals surface area contributed by atoms with Gasteiger partial charge in [-0.25, -0.2) is 4.79 Å². The molecule has 0 aliphatic carbocycles. The highest BCUT2D eigenvalue weighted by Crippen LogP contribution is 2.40. The molecule has 1 aromatic rings. The van der Waals surface area contributed by atoms with Gasteiger partial charge in [-0.1, -0.05) is 6.07 Å². The predicted molar refractivity (Wildman–Crippen MR) is 101 cm³/mol. The molecule has 0 bridgehead atoms. The van der Waals surface area contributed by atoms with Crippen LogP contribution in [0.4, 0.5) is 0 Å². The zero-order valence-electron chi connectivity index (χ0n) is 13.7. The molecule has 3 rings (SSSR count). The Morgan fingerprint density at radius 1 is 1.50 bits per heavy atom. The van der Waals surface area contributed by atoms with Crippen LogP contribution in [0.15, 0.2) is 40.3 Å². The van der Waals surface area contributed by atoms with Crippen molar-refractivity contribution in [3.63, 3.8) is 0 Å². The van der Waals surface area contributed by atoms with E-state index < -0.39 is 34.1 Å². The number of fused-ring (bicyclic) bond motifs is 1. The van der Waals surface area contributed by atoms with Gasteiger partial charge in [-0.2, -0.15) is 0 Å². The number of nitrogens with one attached hydrogen (secondary N) is 1. The van der Waals surface area contributed by atoms with E-state index >= 15 is 0 Å². The maximum absolute atomic E-state index is 12.5. The lowest BCUT2D eigenvalue weighted by molar-refractivity contribution is -0.150. The van der Waals surface area contributed by atoms with E-state index in [0.29, 0.717) is 11.3 Å². The van der Waals surface area contributed by atoms with Crippen molar-refractivity contribution in [3.8, 4) is 0 Å². The maximum Gasteiger partial charge on any atom is 0.352 e. The molecule has 7 nitrogen and oxygen atoms in total. The van der Waals surface area contributed by atoms with Crippen LogP contribution in [0.5, 0.6) is 0 Å². The minimum Gasteiger partial charge on any atom is -0.477 e. The Labute approximate surface area is 160 Å². The molecule has 2 amide bonds. The number of hydrogen-bond acceptors (Lipinski definition) is 6. The Balaban J connectivity index is 1.73. The third-order valence-corrected chi connectivity index (χ3v) is 6.59. The summed E-state index contributed by atoms with van der Waals surface area (Å²) in [6.07, 6.45) is 3.15. The molecule has 1 saturated heterocycles. The Hall–Kier alpha value is -1.91. The fraction of sp³-hybridized carbons (Fsp3) is 0.312. The number of carbonyl (C=O) groups excluding carboxylic acids is 2. The van der Waals surface area contributed by atoms with Crippen molar-refractivity contribution in [2.24, 2.45) is 0 Å². The van der Waals surface area contributed by atoms with Crippen molar-refractivity contribution in [1.29, 1.82) is 0 Å². The summed E-state index contributed by atoms with van der Waals surface area (Å²) < 4.78 is 11.2. The second kappa shape index (κ2) is 7.77. The number of thioether (sulfide) groups is 1. The molecule has 0 radical (unpaired) electrons. The van der Waals surface area contributed by atoms with Crippen LogP contribution in [0.25, 0.3) is 0 Å². The first-order chi connectivity index (χ1) is 12.4. The number of amides is 2. The van der Waals surface area contributed by atoms with Crippen LogP contribution in [0.1, 0.15) is 4.88 Å². The molecule has 1 fully saturated rings. The standard InChI is InChI=1S/C16H16N2O5S3/c1-26(23)6-4-9-8-25-15-12(14(20)18(15)13(9)16(21)22)17-11(19)7-10-3-2-5-24-10/h2-6,12,15H,7-8H2,1H3,(H,17,19)(H,21,22)/b6-4+/t12-,15-,26?/m1/s1. The average Bonchev–Trinajstić information content (AvgIpc) is 3.09. The lowest BCUT2D eigenvalue weighted by Gasteiger charge is -2.49. The van der Waals surface area contributed by atoms with Crippen molar-refractivity contribution in [1.82, 2.24) is 10.2 Å². The van der Waals surface area contributed by atoms with Gasteiger partial charge in [0.15, 0.2) is 0 Å². The van der Waals surface area contributed by atoms with Gasteiger partial charge in [0.2, 0.25) is 5.91 Å². The monoisotopic (exact) mass is 412 g/mol. The number of aliphatic carboxylic acids is 1. The number of allylic oxidation sites excluding steroid dienone is 1. The molecule has 1 aromatic heterocycles. The molecule has 138 valence electrons. The highest BCUT2D eigenvalue weighted by Gasteiger charge is 2.53. The second-order valence-electron chi connectivity index (χ2n) is 5.69. The molecule has 10 heteroatoms. The molecule has 2 N–H and O–H groups in total. The zero-order chi connectivity index (χ0) is 18.8. The minimum atomic E-state index is -1.21. The van der Waals surface area contributed by atoms with E-state index in [9.17, 15) is 23.7 Å². The molecule has 0 spiro atoms. The summed E-state index contributed by atoms with van der Waals surface area (Å²) in [5.74, 6) is -1.56. The van der Waals surface area contributed by atoms with Gasteiger partial charge in [-0.05, 0) is 23.1 Å². The number of β-lactam (4-membered cyclic amide) rings is 1. The van der Waals surface area contributed by atoms with Gasteiger partial charge in [0.25, 0.3) is 5.91 Å². The summed E-state index contributed by atoms with van der Waals surface area (Å²) >= 11 is 2.84. The van der Waals surface area contributed by atoms with E-state index in [1.54, 1.807) is 0 Å². The first kappa shape index (κ1) is 18.9. The van der Waals surface area contributed by atoms with Crippen LogP contribution in [0, 0.1) is 0 Å². The summed E-state index contributed by atoms with van der Waals surface area (Å²) in [7, 11) is -1.21.